The number of aliphatic hydroxyl groups is 1. The second-order valence-electron chi connectivity index (χ2n) is 5.84. The van der Waals surface area contributed by atoms with Gasteiger partial charge in [-0.15, -0.1) is 0 Å². The van der Waals surface area contributed by atoms with Crippen LogP contribution in [0.1, 0.15) is 37.3 Å². The molecule has 110 valence electrons. The van der Waals surface area contributed by atoms with Crippen LogP contribution >= 0.6 is 0 Å². The average molecular weight is 295 g/mol. The summed E-state index contributed by atoms with van der Waals surface area (Å²) in [6, 6.07) is 7.69. The highest BCUT2D eigenvalue weighted by Crippen LogP contribution is 2.34. The Morgan fingerprint density at radius 3 is 2.80 bits per heavy atom. The van der Waals surface area contributed by atoms with Crippen molar-refractivity contribution in [3.8, 4) is 0 Å². The van der Waals surface area contributed by atoms with E-state index in [4.69, 9.17) is 0 Å². The maximum atomic E-state index is 12.1. The molecule has 1 aromatic rings. The van der Waals surface area contributed by atoms with Crippen molar-refractivity contribution in [3.63, 3.8) is 0 Å². The summed E-state index contributed by atoms with van der Waals surface area (Å²) in [5, 5.41) is 13.0. The second kappa shape index (κ2) is 5.47. The topological polar surface area (TPSA) is 66.4 Å². The van der Waals surface area contributed by atoms with Crippen LogP contribution in [-0.2, 0) is 9.84 Å². The molecule has 3 rings (SSSR count). The molecule has 1 aliphatic heterocycles. The molecule has 0 spiro atoms. The van der Waals surface area contributed by atoms with Gasteiger partial charge in [-0.3, -0.25) is 0 Å². The van der Waals surface area contributed by atoms with Crippen LogP contribution in [0.2, 0.25) is 0 Å². The quantitative estimate of drug-likeness (QED) is 0.890. The summed E-state index contributed by atoms with van der Waals surface area (Å²) < 4.78 is 24.2. The molecular formula is C15H21NO3S. The highest BCUT2D eigenvalue weighted by atomic mass is 32.2. The maximum absolute atomic E-state index is 12.1. The van der Waals surface area contributed by atoms with Gasteiger partial charge in [-0.2, -0.15) is 0 Å². The lowest BCUT2D eigenvalue weighted by molar-refractivity contribution is 0.198. The van der Waals surface area contributed by atoms with E-state index in [0.717, 1.165) is 24.8 Å². The van der Waals surface area contributed by atoms with Crippen LogP contribution < -0.4 is 5.32 Å². The fraction of sp³-hybridized carbons (Fsp3) is 0.600. The van der Waals surface area contributed by atoms with Crippen molar-refractivity contribution in [2.24, 2.45) is 5.92 Å². The van der Waals surface area contributed by atoms with Gasteiger partial charge in [0.1, 0.15) is 0 Å². The predicted octanol–water partition coefficient (Wildman–Crippen LogP) is 1.66. The van der Waals surface area contributed by atoms with Crippen molar-refractivity contribution in [3.05, 3.63) is 29.8 Å². The minimum absolute atomic E-state index is 0.0897. The lowest BCUT2D eigenvalue weighted by Gasteiger charge is -2.31. The molecule has 3 atom stereocenters. The molecule has 2 N–H and O–H groups in total. The molecule has 1 aliphatic carbocycles. The van der Waals surface area contributed by atoms with E-state index in [2.05, 4.69) is 5.32 Å². The molecule has 1 fully saturated rings. The minimum Gasteiger partial charge on any atom is -0.396 e. The fourth-order valence-corrected chi connectivity index (χ4v) is 5.12. The third-order valence-electron chi connectivity index (χ3n) is 4.61. The Kier molecular flexibility index (Phi) is 3.84. The number of rotatable bonds is 3. The van der Waals surface area contributed by atoms with Crippen molar-refractivity contribution in [1.82, 2.24) is 5.32 Å². The third-order valence-corrected chi connectivity index (χ3v) is 6.43. The van der Waals surface area contributed by atoms with Gasteiger partial charge in [-0.1, -0.05) is 24.6 Å². The van der Waals surface area contributed by atoms with Crippen LogP contribution in [-0.4, -0.2) is 31.9 Å². The fourth-order valence-electron chi connectivity index (χ4n) is 3.50. The van der Waals surface area contributed by atoms with Crippen molar-refractivity contribution in [1.29, 1.82) is 0 Å². The summed E-state index contributed by atoms with van der Waals surface area (Å²) in [5.74, 6) is 0.513. The zero-order valence-electron chi connectivity index (χ0n) is 11.5. The number of sulfone groups is 1. The molecule has 1 aromatic carbocycles. The summed E-state index contributed by atoms with van der Waals surface area (Å²) in [6.45, 7) is 0.213. The van der Waals surface area contributed by atoms with Gasteiger partial charge < -0.3 is 10.4 Å². The molecule has 4 nitrogen and oxygen atoms in total. The standard InChI is InChI=1S/C15H21NO3S/c17-10-11-4-3-6-13(11)16-14-8-9-20(18,19)15-7-2-1-5-12(14)15/h1-2,5,7,11,13-14,16-17H,3-4,6,8-10H2. The summed E-state index contributed by atoms with van der Waals surface area (Å²) in [6.07, 6.45) is 3.88. The average Bonchev–Trinajstić information content (AvgIpc) is 2.90. The number of nitrogens with one attached hydrogen (secondary N) is 1. The molecule has 0 radical (unpaired) electrons. The summed E-state index contributed by atoms with van der Waals surface area (Å²) in [7, 11) is -3.12. The lowest BCUT2D eigenvalue weighted by Crippen LogP contribution is -2.39. The summed E-state index contributed by atoms with van der Waals surface area (Å²) in [4.78, 5) is 0.474. The Balaban J connectivity index is 1.85. The van der Waals surface area contributed by atoms with Gasteiger partial charge in [0.25, 0.3) is 0 Å². The number of hydrogen-bond donors (Lipinski definition) is 2. The molecule has 5 heteroatoms. The van der Waals surface area contributed by atoms with E-state index >= 15 is 0 Å². The Hall–Kier alpha value is -0.910. The van der Waals surface area contributed by atoms with Crippen LogP contribution in [0.25, 0.3) is 0 Å². The van der Waals surface area contributed by atoms with Gasteiger partial charge in [0, 0.05) is 18.7 Å². The minimum atomic E-state index is -3.12. The Labute approximate surface area is 120 Å². The molecule has 2 aliphatic rings. The molecule has 0 saturated heterocycles. The zero-order chi connectivity index (χ0) is 14.2. The first-order valence-electron chi connectivity index (χ1n) is 7.30. The highest BCUT2D eigenvalue weighted by Gasteiger charge is 2.34. The predicted molar refractivity (Wildman–Crippen MR) is 77.2 cm³/mol. The van der Waals surface area contributed by atoms with Crippen molar-refractivity contribution in [2.75, 3.05) is 12.4 Å². The van der Waals surface area contributed by atoms with Gasteiger partial charge >= 0.3 is 0 Å². The SMILES string of the molecule is O=S1(=O)CCC(NC2CCCC2CO)c2ccccc21. The Bertz CT molecular complexity index is 585. The van der Waals surface area contributed by atoms with Crippen LogP contribution in [0.15, 0.2) is 29.2 Å². The van der Waals surface area contributed by atoms with E-state index in [0.29, 0.717) is 23.3 Å². The van der Waals surface area contributed by atoms with Gasteiger partial charge in [-0.25, -0.2) is 8.42 Å². The first-order valence-corrected chi connectivity index (χ1v) is 8.95. The van der Waals surface area contributed by atoms with E-state index in [1.165, 1.54) is 0 Å². The van der Waals surface area contributed by atoms with Gasteiger partial charge in [0.05, 0.1) is 10.6 Å². The number of benzene rings is 1. The Morgan fingerprint density at radius 1 is 1.20 bits per heavy atom. The molecule has 0 aromatic heterocycles. The van der Waals surface area contributed by atoms with E-state index in [1.54, 1.807) is 12.1 Å². The van der Waals surface area contributed by atoms with Gasteiger partial charge in [0.15, 0.2) is 9.84 Å². The molecule has 1 saturated carbocycles. The van der Waals surface area contributed by atoms with Crippen molar-refractivity contribution < 1.29 is 13.5 Å². The van der Waals surface area contributed by atoms with E-state index in [9.17, 15) is 13.5 Å². The zero-order valence-corrected chi connectivity index (χ0v) is 12.3. The van der Waals surface area contributed by atoms with Crippen LogP contribution in [0.4, 0.5) is 0 Å². The first kappa shape index (κ1) is 14.0. The highest BCUT2D eigenvalue weighted by molar-refractivity contribution is 7.91. The van der Waals surface area contributed by atoms with Crippen LogP contribution in [0, 0.1) is 5.92 Å². The summed E-state index contributed by atoms with van der Waals surface area (Å²) in [5.41, 5.74) is 0.891. The van der Waals surface area contributed by atoms with Crippen LogP contribution in [0.3, 0.4) is 0 Å². The molecular weight excluding hydrogens is 274 g/mol. The van der Waals surface area contributed by atoms with Crippen LogP contribution in [0.5, 0.6) is 0 Å². The second-order valence-corrected chi connectivity index (χ2v) is 7.92. The number of fused-ring (bicyclic) bond motifs is 1. The largest absolute Gasteiger partial charge is 0.396 e. The van der Waals surface area contributed by atoms with E-state index in [1.807, 2.05) is 12.1 Å². The lowest BCUT2D eigenvalue weighted by atomic mass is 9.99. The molecule has 3 unspecified atom stereocenters. The van der Waals surface area contributed by atoms with Gasteiger partial charge in [-0.05, 0) is 36.8 Å². The van der Waals surface area contributed by atoms with Gasteiger partial charge in [0.2, 0.25) is 0 Å². The smallest absolute Gasteiger partial charge is 0.178 e. The van der Waals surface area contributed by atoms with E-state index < -0.39 is 9.84 Å². The molecule has 20 heavy (non-hydrogen) atoms. The maximum Gasteiger partial charge on any atom is 0.178 e. The molecule has 0 bridgehead atoms. The number of hydrogen-bond acceptors (Lipinski definition) is 4. The molecule has 1 heterocycles. The first-order chi connectivity index (χ1) is 9.62. The van der Waals surface area contributed by atoms with Crippen molar-refractivity contribution in [2.45, 2.75) is 42.7 Å². The monoisotopic (exact) mass is 295 g/mol. The summed E-state index contributed by atoms with van der Waals surface area (Å²) >= 11 is 0. The normalized spacial score (nSPS) is 31.9. The van der Waals surface area contributed by atoms with Crippen molar-refractivity contribution >= 4 is 9.84 Å². The van der Waals surface area contributed by atoms with E-state index in [-0.39, 0.29) is 18.4 Å². The number of aliphatic hydroxyl groups excluding tert-OH is 1. The Morgan fingerprint density at radius 2 is 2.00 bits per heavy atom. The molecule has 0 amide bonds. The third kappa shape index (κ3) is 2.50.